The first-order chi connectivity index (χ1) is 9.54. The van der Waals surface area contributed by atoms with E-state index < -0.39 is 10.0 Å². The molecule has 0 fully saturated rings. The number of sulfonamides is 1. The molecular formula is C15H24N2O2S. The fourth-order valence-electron chi connectivity index (χ4n) is 2.71. The minimum atomic E-state index is -3.20. The first-order valence-corrected chi connectivity index (χ1v) is 8.88. The number of anilines is 1. The molecule has 1 aromatic carbocycles. The van der Waals surface area contributed by atoms with Crippen LogP contribution in [-0.2, 0) is 16.4 Å². The van der Waals surface area contributed by atoms with Crippen molar-refractivity contribution in [3.05, 3.63) is 29.8 Å². The van der Waals surface area contributed by atoms with Crippen LogP contribution in [0.2, 0.25) is 0 Å². The zero-order valence-electron chi connectivity index (χ0n) is 12.3. The average Bonchev–Trinajstić information content (AvgIpc) is 2.42. The van der Waals surface area contributed by atoms with E-state index in [2.05, 4.69) is 12.2 Å². The Bertz CT molecular complexity index is 543. The van der Waals surface area contributed by atoms with Crippen LogP contribution in [0.25, 0.3) is 0 Å². The third-order valence-corrected chi connectivity index (χ3v) is 5.54. The van der Waals surface area contributed by atoms with Gasteiger partial charge < -0.3 is 5.32 Å². The van der Waals surface area contributed by atoms with Gasteiger partial charge in [-0.1, -0.05) is 25.1 Å². The van der Waals surface area contributed by atoms with Crippen LogP contribution in [0.5, 0.6) is 0 Å². The number of nitrogens with one attached hydrogen (secondary N) is 1. The normalized spacial score (nSPS) is 18.9. The predicted octanol–water partition coefficient (Wildman–Crippen LogP) is 2.01. The zero-order valence-corrected chi connectivity index (χ0v) is 13.1. The highest BCUT2D eigenvalue weighted by Crippen LogP contribution is 2.31. The van der Waals surface area contributed by atoms with E-state index in [1.807, 2.05) is 31.3 Å². The molecule has 0 amide bonds. The van der Waals surface area contributed by atoms with Gasteiger partial charge in [0.25, 0.3) is 0 Å². The number of hydrogen-bond donors (Lipinski definition) is 1. The van der Waals surface area contributed by atoms with Gasteiger partial charge in [-0.2, -0.15) is 0 Å². The van der Waals surface area contributed by atoms with Gasteiger partial charge in [0.05, 0.1) is 11.4 Å². The summed E-state index contributed by atoms with van der Waals surface area (Å²) in [5, 5.41) is 3.05. The Balaban J connectivity index is 2.15. The first kappa shape index (κ1) is 15.3. The van der Waals surface area contributed by atoms with E-state index in [4.69, 9.17) is 0 Å². The highest BCUT2D eigenvalue weighted by molar-refractivity contribution is 7.92. The molecule has 1 aliphatic rings. The van der Waals surface area contributed by atoms with E-state index in [0.717, 1.165) is 30.6 Å². The van der Waals surface area contributed by atoms with Gasteiger partial charge >= 0.3 is 0 Å². The molecule has 2 rings (SSSR count). The van der Waals surface area contributed by atoms with Crippen molar-refractivity contribution < 1.29 is 8.42 Å². The van der Waals surface area contributed by atoms with E-state index in [1.54, 1.807) is 4.31 Å². The maximum absolute atomic E-state index is 12.6. The smallest absolute Gasteiger partial charge is 0.235 e. The molecule has 0 spiro atoms. The van der Waals surface area contributed by atoms with Gasteiger partial charge in [0, 0.05) is 6.54 Å². The van der Waals surface area contributed by atoms with Gasteiger partial charge in [-0.25, -0.2) is 8.42 Å². The molecule has 5 heteroatoms. The largest absolute Gasteiger partial charge is 0.320 e. The predicted molar refractivity (Wildman–Crippen MR) is 83.6 cm³/mol. The summed E-state index contributed by atoms with van der Waals surface area (Å²) < 4.78 is 26.7. The van der Waals surface area contributed by atoms with Gasteiger partial charge in [-0.3, -0.25) is 4.31 Å². The number of rotatable bonds is 6. The molecule has 112 valence electrons. The second-order valence-electron chi connectivity index (χ2n) is 5.60. The van der Waals surface area contributed by atoms with E-state index in [0.29, 0.717) is 18.9 Å². The van der Waals surface area contributed by atoms with Crippen molar-refractivity contribution in [2.24, 2.45) is 5.92 Å². The molecule has 1 aromatic rings. The van der Waals surface area contributed by atoms with Crippen LogP contribution >= 0.6 is 0 Å². The molecule has 0 aromatic heterocycles. The maximum Gasteiger partial charge on any atom is 0.235 e. The molecule has 1 heterocycles. The number of hydrogen-bond acceptors (Lipinski definition) is 3. The summed E-state index contributed by atoms with van der Waals surface area (Å²) in [4.78, 5) is 0. The fourth-order valence-corrected chi connectivity index (χ4v) is 4.46. The lowest BCUT2D eigenvalue weighted by Crippen LogP contribution is -2.40. The summed E-state index contributed by atoms with van der Waals surface area (Å²) in [7, 11) is -1.32. The third-order valence-electron chi connectivity index (χ3n) is 3.72. The van der Waals surface area contributed by atoms with Gasteiger partial charge in [0.15, 0.2) is 0 Å². The van der Waals surface area contributed by atoms with Crippen molar-refractivity contribution in [3.63, 3.8) is 0 Å². The van der Waals surface area contributed by atoms with Crippen LogP contribution in [0, 0.1) is 5.92 Å². The van der Waals surface area contributed by atoms with Crippen LogP contribution in [0.3, 0.4) is 0 Å². The molecule has 1 N–H and O–H groups in total. The van der Waals surface area contributed by atoms with Crippen molar-refractivity contribution in [2.75, 3.05) is 30.2 Å². The lowest BCUT2D eigenvalue weighted by atomic mass is 9.96. The monoisotopic (exact) mass is 296 g/mol. The van der Waals surface area contributed by atoms with Crippen molar-refractivity contribution in [1.82, 2.24) is 5.32 Å². The molecule has 1 atom stereocenters. The molecular weight excluding hydrogens is 272 g/mol. The number of unbranched alkanes of at least 4 members (excludes halogenated alkanes) is 1. The molecule has 20 heavy (non-hydrogen) atoms. The highest BCUT2D eigenvalue weighted by Gasteiger charge is 2.29. The van der Waals surface area contributed by atoms with Gasteiger partial charge in [0.2, 0.25) is 10.0 Å². The Morgan fingerprint density at radius 1 is 1.30 bits per heavy atom. The summed E-state index contributed by atoms with van der Waals surface area (Å²) >= 11 is 0. The van der Waals surface area contributed by atoms with Crippen molar-refractivity contribution in [3.8, 4) is 0 Å². The Morgan fingerprint density at radius 2 is 2.05 bits per heavy atom. The standard InChI is InChI=1S/C15H24N2O2S/c1-13-11-14-7-3-4-8-15(14)17(12-13)20(18,19)10-6-5-9-16-2/h3-4,7-8,13,16H,5-6,9-12H2,1-2H3. The zero-order chi connectivity index (χ0) is 14.6. The van der Waals surface area contributed by atoms with Crippen molar-refractivity contribution >= 4 is 15.7 Å². The second kappa shape index (κ2) is 6.59. The third kappa shape index (κ3) is 3.52. The lowest BCUT2D eigenvalue weighted by molar-refractivity contribution is 0.542. The topological polar surface area (TPSA) is 49.4 Å². The van der Waals surface area contributed by atoms with Crippen LogP contribution in [0.1, 0.15) is 25.3 Å². The van der Waals surface area contributed by atoms with E-state index in [9.17, 15) is 8.42 Å². The molecule has 0 aliphatic carbocycles. The molecule has 1 unspecified atom stereocenters. The molecule has 0 saturated heterocycles. The molecule has 0 bridgehead atoms. The van der Waals surface area contributed by atoms with E-state index in [-0.39, 0.29) is 5.75 Å². The Hall–Kier alpha value is -1.07. The van der Waals surface area contributed by atoms with E-state index >= 15 is 0 Å². The number of nitrogens with zero attached hydrogens (tertiary/aromatic N) is 1. The number of para-hydroxylation sites is 1. The summed E-state index contributed by atoms with van der Waals surface area (Å²) in [6.07, 6.45) is 2.55. The lowest BCUT2D eigenvalue weighted by Gasteiger charge is -2.33. The minimum absolute atomic E-state index is 0.232. The maximum atomic E-state index is 12.6. The molecule has 1 aliphatic heterocycles. The van der Waals surface area contributed by atoms with Crippen molar-refractivity contribution in [2.45, 2.75) is 26.2 Å². The first-order valence-electron chi connectivity index (χ1n) is 7.27. The average molecular weight is 296 g/mol. The summed E-state index contributed by atoms with van der Waals surface area (Å²) in [5.41, 5.74) is 2.02. The highest BCUT2D eigenvalue weighted by atomic mass is 32.2. The van der Waals surface area contributed by atoms with Gasteiger partial charge in [-0.05, 0) is 50.4 Å². The summed E-state index contributed by atoms with van der Waals surface area (Å²) in [5.74, 6) is 0.604. The molecule has 0 saturated carbocycles. The number of fused-ring (bicyclic) bond motifs is 1. The number of benzene rings is 1. The van der Waals surface area contributed by atoms with E-state index in [1.165, 1.54) is 0 Å². The van der Waals surface area contributed by atoms with Gasteiger partial charge in [-0.15, -0.1) is 0 Å². The minimum Gasteiger partial charge on any atom is -0.320 e. The SMILES string of the molecule is CNCCCCS(=O)(=O)N1CC(C)Cc2ccccc21. The van der Waals surface area contributed by atoms with Crippen LogP contribution < -0.4 is 9.62 Å². The molecule has 0 radical (unpaired) electrons. The quantitative estimate of drug-likeness (QED) is 0.817. The summed E-state index contributed by atoms with van der Waals surface area (Å²) in [6.45, 7) is 3.58. The van der Waals surface area contributed by atoms with Crippen LogP contribution in [-0.4, -0.2) is 34.3 Å². The second-order valence-corrected chi connectivity index (χ2v) is 7.61. The van der Waals surface area contributed by atoms with Crippen LogP contribution in [0.4, 0.5) is 5.69 Å². The van der Waals surface area contributed by atoms with Crippen LogP contribution in [0.15, 0.2) is 24.3 Å². The Morgan fingerprint density at radius 3 is 2.80 bits per heavy atom. The van der Waals surface area contributed by atoms with Crippen molar-refractivity contribution in [1.29, 1.82) is 0 Å². The molecule has 4 nitrogen and oxygen atoms in total. The Labute approximate surface area is 122 Å². The summed E-state index contributed by atoms with van der Waals surface area (Å²) in [6, 6.07) is 7.85. The fraction of sp³-hybridized carbons (Fsp3) is 0.600. The Kier molecular flexibility index (Phi) is 5.05. The van der Waals surface area contributed by atoms with Gasteiger partial charge in [0.1, 0.15) is 0 Å².